The van der Waals surface area contributed by atoms with E-state index in [1.807, 2.05) is 6.26 Å². The highest BCUT2D eigenvalue weighted by molar-refractivity contribution is 7.98. The van der Waals surface area contributed by atoms with Gasteiger partial charge in [-0.25, -0.2) is 14.1 Å². The smallest absolute Gasteiger partial charge is 0.254 e. The maximum absolute atomic E-state index is 13.1. The number of nitriles is 1. The van der Waals surface area contributed by atoms with Crippen molar-refractivity contribution in [3.8, 4) is 11.8 Å². The SMILES string of the molecule is CSc1ncccc1C(=O)NCCCc1nn(-c2ccc(F)cc2)c(N)c1C#N. The first kappa shape index (κ1) is 20.4. The Morgan fingerprint density at radius 2 is 2.10 bits per heavy atom. The molecule has 2 heterocycles. The lowest BCUT2D eigenvalue weighted by Crippen LogP contribution is -2.25. The van der Waals surface area contributed by atoms with Crippen molar-refractivity contribution in [1.82, 2.24) is 20.1 Å². The van der Waals surface area contributed by atoms with Gasteiger partial charge in [0.25, 0.3) is 5.91 Å². The first-order valence-corrected chi connectivity index (χ1v) is 10.1. The molecule has 148 valence electrons. The third kappa shape index (κ3) is 4.55. The minimum absolute atomic E-state index is 0.195. The predicted molar refractivity (Wildman–Crippen MR) is 109 cm³/mol. The van der Waals surface area contributed by atoms with Gasteiger partial charge in [-0.3, -0.25) is 4.79 Å². The maximum atomic E-state index is 13.1. The number of thioether (sulfide) groups is 1. The fourth-order valence-corrected chi connectivity index (χ4v) is 3.38. The molecule has 0 spiro atoms. The monoisotopic (exact) mass is 410 g/mol. The summed E-state index contributed by atoms with van der Waals surface area (Å²) in [5, 5.41) is 17.4. The zero-order valence-corrected chi connectivity index (χ0v) is 16.5. The lowest BCUT2D eigenvalue weighted by atomic mass is 10.1. The van der Waals surface area contributed by atoms with Gasteiger partial charge in [0, 0.05) is 12.7 Å². The number of hydrogen-bond donors (Lipinski definition) is 2. The van der Waals surface area contributed by atoms with Crippen LogP contribution in [0.4, 0.5) is 10.2 Å². The average molecular weight is 410 g/mol. The van der Waals surface area contributed by atoms with Crippen molar-refractivity contribution in [3.63, 3.8) is 0 Å². The fraction of sp³-hybridized carbons (Fsp3) is 0.200. The molecule has 2 aromatic heterocycles. The summed E-state index contributed by atoms with van der Waals surface area (Å²) in [7, 11) is 0. The van der Waals surface area contributed by atoms with E-state index in [1.54, 1.807) is 30.5 Å². The minimum Gasteiger partial charge on any atom is -0.382 e. The summed E-state index contributed by atoms with van der Waals surface area (Å²) >= 11 is 1.41. The predicted octanol–water partition coefficient (Wildman–Crippen LogP) is 2.94. The first-order valence-electron chi connectivity index (χ1n) is 8.85. The van der Waals surface area contributed by atoms with Crippen molar-refractivity contribution < 1.29 is 9.18 Å². The maximum Gasteiger partial charge on any atom is 0.254 e. The van der Waals surface area contributed by atoms with Gasteiger partial charge in [0.2, 0.25) is 0 Å². The van der Waals surface area contributed by atoms with Crippen LogP contribution in [-0.4, -0.2) is 33.5 Å². The number of amides is 1. The van der Waals surface area contributed by atoms with E-state index in [-0.39, 0.29) is 23.1 Å². The topological polar surface area (TPSA) is 110 Å². The number of nitrogens with two attached hydrogens (primary N) is 1. The van der Waals surface area contributed by atoms with Gasteiger partial charge in [-0.2, -0.15) is 10.4 Å². The molecule has 0 saturated carbocycles. The second-order valence-corrected chi connectivity index (χ2v) is 6.92. The van der Waals surface area contributed by atoms with Crippen LogP contribution in [0.25, 0.3) is 5.69 Å². The molecule has 0 aliphatic carbocycles. The number of anilines is 1. The number of nitrogen functional groups attached to an aromatic ring is 1. The lowest BCUT2D eigenvalue weighted by molar-refractivity contribution is 0.0949. The molecule has 0 aliphatic rings. The van der Waals surface area contributed by atoms with E-state index in [4.69, 9.17) is 5.73 Å². The molecule has 0 atom stereocenters. The van der Waals surface area contributed by atoms with Gasteiger partial charge in [0.15, 0.2) is 0 Å². The molecule has 0 fully saturated rings. The Balaban J connectivity index is 1.65. The van der Waals surface area contributed by atoms with Gasteiger partial charge in [-0.05, 0) is 55.5 Å². The highest BCUT2D eigenvalue weighted by Crippen LogP contribution is 2.22. The Morgan fingerprint density at radius 1 is 1.34 bits per heavy atom. The molecule has 0 radical (unpaired) electrons. The van der Waals surface area contributed by atoms with E-state index >= 15 is 0 Å². The van der Waals surface area contributed by atoms with E-state index in [1.165, 1.54) is 28.6 Å². The molecule has 0 saturated heterocycles. The van der Waals surface area contributed by atoms with Crippen molar-refractivity contribution in [2.75, 3.05) is 18.5 Å². The van der Waals surface area contributed by atoms with E-state index < -0.39 is 0 Å². The molecular weight excluding hydrogens is 391 g/mol. The summed E-state index contributed by atoms with van der Waals surface area (Å²) in [5.41, 5.74) is 7.98. The summed E-state index contributed by atoms with van der Waals surface area (Å²) < 4.78 is 14.6. The Morgan fingerprint density at radius 3 is 2.79 bits per heavy atom. The number of carbonyl (C=O) groups is 1. The van der Waals surface area contributed by atoms with Crippen LogP contribution in [0, 0.1) is 17.1 Å². The van der Waals surface area contributed by atoms with Gasteiger partial charge in [-0.1, -0.05) is 0 Å². The molecule has 29 heavy (non-hydrogen) atoms. The fourth-order valence-electron chi connectivity index (χ4n) is 2.83. The van der Waals surface area contributed by atoms with E-state index in [0.29, 0.717) is 41.4 Å². The molecule has 0 bridgehead atoms. The summed E-state index contributed by atoms with van der Waals surface area (Å²) in [6, 6.07) is 11.2. The quantitative estimate of drug-likeness (QED) is 0.458. The lowest BCUT2D eigenvalue weighted by Gasteiger charge is -2.07. The Bertz CT molecular complexity index is 1060. The largest absolute Gasteiger partial charge is 0.382 e. The van der Waals surface area contributed by atoms with E-state index in [0.717, 1.165) is 0 Å². The first-order chi connectivity index (χ1) is 14.0. The van der Waals surface area contributed by atoms with Crippen LogP contribution in [0.1, 0.15) is 28.0 Å². The van der Waals surface area contributed by atoms with Crippen LogP contribution < -0.4 is 11.1 Å². The molecule has 3 aromatic rings. The van der Waals surface area contributed by atoms with Crippen molar-refractivity contribution in [3.05, 3.63) is 65.2 Å². The van der Waals surface area contributed by atoms with Crippen molar-refractivity contribution in [2.24, 2.45) is 0 Å². The normalized spacial score (nSPS) is 10.5. The number of carbonyl (C=O) groups excluding carboxylic acids is 1. The van der Waals surface area contributed by atoms with Crippen LogP contribution in [0.5, 0.6) is 0 Å². The molecule has 3 rings (SSSR count). The third-order valence-corrected chi connectivity index (χ3v) is 4.97. The number of aryl methyl sites for hydroxylation is 1. The highest BCUT2D eigenvalue weighted by atomic mass is 32.2. The summed E-state index contributed by atoms with van der Waals surface area (Å²) in [4.78, 5) is 16.5. The Kier molecular flexibility index (Phi) is 6.46. The molecule has 1 amide bonds. The second kappa shape index (κ2) is 9.21. The number of hydrogen-bond acceptors (Lipinski definition) is 6. The van der Waals surface area contributed by atoms with E-state index in [9.17, 15) is 14.4 Å². The van der Waals surface area contributed by atoms with Gasteiger partial charge in [-0.15, -0.1) is 11.8 Å². The third-order valence-electron chi connectivity index (χ3n) is 4.26. The average Bonchev–Trinajstić information content (AvgIpc) is 3.06. The van der Waals surface area contributed by atoms with Gasteiger partial charge in [0.1, 0.15) is 28.3 Å². The van der Waals surface area contributed by atoms with Crippen molar-refractivity contribution in [1.29, 1.82) is 5.26 Å². The van der Waals surface area contributed by atoms with Crippen LogP contribution in [0.3, 0.4) is 0 Å². The van der Waals surface area contributed by atoms with Gasteiger partial charge < -0.3 is 11.1 Å². The van der Waals surface area contributed by atoms with Crippen LogP contribution >= 0.6 is 11.8 Å². The summed E-state index contributed by atoms with van der Waals surface area (Å²) in [6.07, 6.45) is 4.55. The highest BCUT2D eigenvalue weighted by Gasteiger charge is 2.17. The van der Waals surface area contributed by atoms with Crippen molar-refractivity contribution >= 4 is 23.5 Å². The molecule has 1 aromatic carbocycles. The van der Waals surface area contributed by atoms with Gasteiger partial charge in [0.05, 0.1) is 16.9 Å². The van der Waals surface area contributed by atoms with E-state index in [2.05, 4.69) is 21.5 Å². The number of pyridine rings is 1. The molecule has 0 aliphatic heterocycles. The van der Waals surface area contributed by atoms with Crippen LogP contribution in [-0.2, 0) is 6.42 Å². The molecule has 0 unspecified atom stereocenters. The number of aromatic nitrogens is 3. The zero-order chi connectivity index (χ0) is 20.8. The Hall–Kier alpha value is -3.38. The molecular formula is C20H19FN6OS. The number of halogens is 1. The molecule has 7 nitrogen and oxygen atoms in total. The zero-order valence-electron chi connectivity index (χ0n) is 15.7. The van der Waals surface area contributed by atoms with Crippen LogP contribution in [0.2, 0.25) is 0 Å². The number of rotatable bonds is 7. The minimum atomic E-state index is -0.366. The standard InChI is InChI=1S/C20H19FN6OS/c1-29-20-15(4-2-11-25-20)19(28)24-10-3-5-17-16(12-22)18(23)27(26-17)14-8-6-13(21)7-9-14/h2,4,6-9,11H,3,5,10,23H2,1H3,(H,24,28). The summed E-state index contributed by atoms with van der Waals surface area (Å²) in [6.45, 7) is 0.412. The number of benzene rings is 1. The van der Waals surface area contributed by atoms with Gasteiger partial charge >= 0.3 is 0 Å². The summed E-state index contributed by atoms with van der Waals surface area (Å²) in [5.74, 6) is -0.355. The molecule has 9 heteroatoms. The Labute approximate surface area is 171 Å². The second-order valence-electron chi connectivity index (χ2n) is 6.13. The molecule has 3 N–H and O–H groups in total. The number of nitrogens with one attached hydrogen (secondary N) is 1. The van der Waals surface area contributed by atoms with Crippen LogP contribution in [0.15, 0.2) is 47.6 Å². The van der Waals surface area contributed by atoms with Crippen molar-refractivity contribution in [2.45, 2.75) is 17.9 Å². The number of nitrogens with zero attached hydrogens (tertiary/aromatic N) is 4.